The number of aryl methyl sites for hydroxylation is 1. The van der Waals surface area contributed by atoms with Crippen molar-refractivity contribution in [3.63, 3.8) is 0 Å². The van der Waals surface area contributed by atoms with Crippen molar-refractivity contribution in [2.75, 3.05) is 26.2 Å². The predicted molar refractivity (Wildman–Crippen MR) is 113 cm³/mol. The summed E-state index contributed by atoms with van der Waals surface area (Å²) in [6, 6.07) is 15.5. The van der Waals surface area contributed by atoms with Crippen LogP contribution < -0.4 is 5.56 Å². The Labute approximate surface area is 170 Å². The van der Waals surface area contributed by atoms with Gasteiger partial charge in [0.1, 0.15) is 5.65 Å². The lowest BCUT2D eigenvalue weighted by Crippen LogP contribution is -2.31. The lowest BCUT2D eigenvalue weighted by atomic mass is 10.1. The van der Waals surface area contributed by atoms with Gasteiger partial charge in [-0.15, -0.1) is 0 Å². The Bertz CT molecular complexity index is 1100. The molecule has 6 heteroatoms. The smallest absolute Gasteiger partial charge is 0.258 e. The fraction of sp³-hybridized carbons (Fsp3) is 0.348. The summed E-state index contributed by atoms with van der Waals surface area (Å²) >= 11 is 0. The number of rotatable bonds is 4. The molecule has 1 fully saturated rings. The van der Waals surface area contributed by atoms with E-state index in [1.807, 2.05) is 49.5 Å². The highest BCUT2D eigenvalue weighted by Crippen LogP contribution is 2.12. The zero-order chi connectivity index (χ0) is 20.2. The lowest BCUT2D eigenvalue weighted by Gasteiger charge is -2.21. The van der Waals surface area contributed by atoms with Gasteiger partial charge in [-0.05, 0) is 55.8 Å². The molecule has 0 unspecified atom stereocenters. The normalized spacial score (nSPS) is 15.9. The van der Waals surface area contributed by atoms with Gasteiger partial charge >= 0.3 is 0 Å². The van der Waals surface area contributed by atoms with Gasteiger partial charge in [0.05, 0.1) is 17.3 Å². The van der Waals surface area contributed by atoms with Gasteiger partial charge in [-0.2, -0.15) is 5.26 Å². The Morgan fingerprint density at radius 3 is 2.45 bits per heavy atom. The Kier molecular flexibility index (Phi) is 5.70. The van der Waals surface area contributed by atoms with E-state index in [-0.39, 0.29) is 5.56 Å². The summed E-state index contributed by atoms with van der Waals surface area (Å²) in [5, 5.41) is 8.93. The highest BCUT2D eigenvalue weighted by molar-refractivity contribution is 5.40. The number of aromatic nitrogens is 2. The molecule has 1 aromatic carbocycles. The van der Waals surface area contributed by atoms with Crippen LogP contribution in [0.4, 0.5) is 0 Å². The maximum absolute atomic E-state index is 12.4. The summed E-state index contributed by atoms with van der Waals surface area (Å²) in [7, 11) is 0. The molecule has 1 aliphatic rings. The Balaban J connectivity index is 1.39. The summed E-state index contributed by atoms with van der Waals surface area (Å²) in [5.74, 6) is 0. The average Bonchev–Trinajstić information content (AvgIpc) is 2.94. The maximum atomic E-state index is 12.4. The minimum absolute atomic E-state index is 0.0223. The zero-order valence-corrected chi connectivity index (χ0v) is 16.7. The van der Waals surface area contributed by atoms with E-state index in [0.717, 1.165) is 50.4 Å². The first-order chi connectivity index (χ1) is 14.1. The highest BCUT2D eigenvalue weighted by atomic mass is 16.1. The molecule has 0 bridgehead atoms. The molecule has 0 spiro atoms. The van der Waals surface area contributed by atoms with Crippen molar-refractivity contribution in [1.29, 1.82) is 5.26 Å². The van der Waals surface area contributed by atoms with Crippen LogP contribution in [-0.4, -0.2) is 45.4 Å². The second kappa shape index (κ2) is 8.56. The van der Waals surface area contributed by atoms with Crippen LogP contribution in [0, 0.1) is 18.3 Å². The van der Waals surface area contributed by atoms with Gasteiger partial charge in [0.2, 0.25) is 0 Å². The summed E-state index contributed by atoms with van der Waals surface area (Å²) in [4.78, 5) is 22.0. The van der Waals surface area contributed by atoms with E-state index in [4.69, 9.17) is 5.26 Å². The van der Waals surface area contributed by atoms with Crippen molar-refractivity contribution in [3.8, 4) is 6.07 Å². The number of nitrogens with zero attached hydrogens (tertiary/aromatic N) is 5. The number of benzene rings is 1. The number of fused-ring (bicyclic) bond motifs is 1. The number of hydrogen-bond donors (Lipinski definition) is 0. The fourth-order valence-electron chi connectivity index (χ4n) is 3.85. The van der Waals surface area contributed by atoms with Crippen LogP contribution in [0.5, 0.6) is 0 Å². The van der Waals surface area contributed by atoms with Crippen LogP contribution in [0.15, 0.2) is 53.5 Å². The molecule has 3 aromatic rings. The molecule has 1 aliphatic heterocycles. The topological polar surface area (TPSA) is 64.6 Å². The van der Waals surface area contributed by atoms with E-state index in [9.17, 15) is 4.79 Å². The standard InChI is InChI=1S/C23H25N5O/c1-18-3-8-22-25-21(13-23(29)28(22)15-18)17-27-10-2-9-26(11-12-27)16-20-6-4-19(14-24)5-7-20/h3-8,13,15H,2,9-12,16-17H2,1H3. The summed E-state index contributed by atoms with van der Waals surface area (Å²) in [6.07, 6.45) is 2.92. The molecule has 1 saturated heterocycles. The van der Waals surface area contributed by atoms with Gasteiger partial charge in [-0.25, -0.2) is 4.98 Å². The maximum Gasteiger partial charge on any atom is 0.258 e. The van der Waals surface area contributed by atoms with Crippen LogP contribution in [-0.2, 0) is 13.1 Å². The minimum Gasteiger partial charge on any atom is -0.298 e. The quantitative estimate of drug-likeness (QED) is 0.688. The largest absolute Gasteiger partial charge is 0.298 e. The Morgan fingerprint density at radius 1 is 1.00 bits per heavy atom. The van der Waals surface area contributed by atoms with Gasteiger partial charge in [-0.3, -0.25) is 19.0 Å². The number of nitriles is 1. The van der Waals surface area contributed by atoms with Crippen LogP contribution in [0.2, 0.25) is 0 Å². The van der Waals surface area contributed by atoms with Crippen LogP contribution in [0.3, 0.4) is 0 Å². The van der Waals surface area contributed by atoms with Crippen molar-refractivity contribution in [1.82, 2.24) is 19.2 Å². The average molecular weight is 387 g/mol. The van der Waals surface area contributed by atoms with Gasteiger partial charge in [0, 0.05) is 38.4 Å². The molecule has 0 aliphatic carbocycles. The second-order valence-electron chi connectivity index (χ2n) is 7.73. The van der Waals surface area contributed by atoms with Gasteiger partial charge in [0.25, 0.3) is 5.56 Å². The van der Waals surface area contributed by atoms with E-state index < -0.39 is 0 Å². The van der Waals surface area contributed by atoms with Crippen molar-refractivity contribution >= 4 is 5.65 Å². The summed E-state index contributed by atoms with van der Waals surface area (Å²) in [5.41, 5.74) is 4.49. The molecule has 0 N–H and O–H groups in total. The van der Waals surface area contributed by atoms with Gasteiger partial charge < -0.3 is 0 Å². The van der Waals surface area contributed by atoms with E-state index in [2.05, 4.69) is 20.9 Å². The third-order valence-corrected chi connectivity index (χ3v) is 5.42. The molecular weight excluding hydrogens is 362 g/mol. The number of pyridine rings is 1. The Morgan fingerprint density at radius 2 is 1.72 bits per heavy atom. The molecule has 0 atom stereocenters. The predicted octanol–water partition coefficient (Wildman–Crippen LogP) is 2.58. The summed E-state index contributed by atoms with van der Waals surface area (Å²) in [6.45, 7) is 7.54. The first kappa shape index (κ1) is 19.3. The van der Waals surface area contributed by atoms with E-state index in [0.29, 0.717) is 17.8 Å². The number of hydrogen-bond acceptors (Lipinski definition) is 5. The second-order valence-corrected chi connectivity index (χ2v) is 7.73. The molecule has 6 nitrogen and oxygen atoms in total. The van der Waals surface area contributed by atoms with Gasteiger partial charge in [0.15, 0.2) is 0 Å². The Hall–Kier alpha value is -3.01. The first-order valence-corrected chi connectivity index (χ1v) is 10.0. The minimum atomic E-state index is -0.0223. The van der Waals surface area contributed by atoms with Crippen LogP contribution in [0.25, 0.3) is 5.65 Å². The zero-order valence-electron chi connectivity index (χ0n) is 16.7. The molecule has 148 valence electrons. The molecule has 0 saturated carbocycles. The first-order valence-electron chi connectivity index (χ1n) is 10.0. The van der Waals surface area contributed by atoms with Crippen molar-refractivity contribution in [3.05, 3.63) is 81.4 Å². The van der Waals surface area contributed by atoms with E-state index in [1.54, 1.807) is 10.5 Å². The SMILES string of the molecule is Cc1ccc2nc(CN3CCCN(Cc4ccc(C#N)cc4)CC3)cc(=O)n2c1. The highest BCUT2D eigenvalue weighted by Gasteiger charge is 2.16. The summed E-state index contributed by atoms with van der Waals surface area (Å²) < 4.78 is 1.61. The van der Waals surface area contributed by atoms with Crippen LogP contribution >= 0.6 is 0 Å². The molecule has 0 amide bonds. The molecular formula is C23H25N5O. The van der Waals surface area contributed by atoms with Crippen molar-refractivity contribution in [2.45, 2.75) is 26.4 Å². The molecule has 29 heavy (non-hydrogen) atoms. The van der Waals surface area contributed by atoms with E-state index >= 15 is 0 Å². The van der Waals surface area contributed by atoms with Gasteiger partial charge in [-0.1, -0.05) is 18.2 Å². The lowest BCUT2D eigenvalue weighted by molar-refractivity contribution is 0.245. The third kappa shape index (κ3) is 4.70. The monoisotopic (exact) mass is 387 g/mol. The molecule has 4 rings (SSSR count). The molecule has 2 aromatic heterocycles. The molecule has 0 radical (unpaired) electrons. The fourth-order valence-corrected chi connectivity index (χ4v) is 3.85. The van der Waals surface area contributed by atoms with Crippen molar-refractivity contribution < 1.29 is 0 Å². The third-order valence-electron chi connectivity index (χ3n) is 5.42. The van der Waals surface area contributed by atoms with Crippen molar-refractivity contribution in [2.24, 2.45) is 0 Å². The van der Waals surface area contributed by atoms with E-state index in [1.165, 1.54) is 5.56 Å². The molecule has 3 heterocycles. The van der Waals surface area contributed by atoms with Crippen LogP contribution in [0.1, 0.15) is 28.8 Å².